The van der Waals surface area contributed by atoms with Gasteiger partial charge in [0.25, 0.3) is 5.91 Å². The second kappa shape index (κ2) is 6.41. The van der Waals surface area contributed by atoms with Crippen LogP contribution in [0.1, 0.15) is 29.3 Å². The number of sulfonamides is 1. The minimum Gasteiger partial charge on any atom is -0.391 e. The summed E-state index contributed by atoms with van der Waals surface area (Å²) in [5, 5.41) is 18.2. The van der Waals surface area contributed by atoms with Crippen LogP contribution in [0.2, 0.25) is 0 Å². The lowest BCUT2D eigenvalue weighted by Crippen LogP contribution is -2.34. The highest BCUT2D eigenvalue weighted by molar-refractivity contribution is 7.89. The molecule has 0 aliphatic carbocycles. The van der Waals surface area contributed by atoms with Crippen molar-refractivity contribution in [3.05, 3.63) is 11.6 Å². The molecule has 2 atom stereocenters. The molecule has 0 saturated carbocycles. The summed E-state index contributed by atoms with van der Waals surface area (Å²) in [6, 6.07) is 0. The number of aliphatic hydroxyl groups is 1. The highest BCUT2D eigenvalue weighted by Gasteiger charge is 2.39. The van der Waals surface area contributed by atoms with Crippen LogP contribution in [0, 0.1) is 5.92 Å². The Morgan fingerprint density at radius 2 is 2.04 bits per heavy atom. The van der Waals surface area contributed by atoms with E-state index >= 15 is 0 Å². The first-order valence-electron chi connectivity index (χ1n) is 8.09. The summed E-state index contributed by atoms with van der Waals surface area (Å²) in [6.45, 7) is 1.04. The monoisotopic (exact) mass is 357 g/mol. The first-order chi connectivity index (χ1) is 11.3. The zero-order chi connectivity index (χ0) is 17.5. The number of aryl methyl sites for hydroxylation is 1. The molecule has 10 heteroatoms. The van der Waals surface area contributed by atoms with Gasteiger partial charge < -0.3 is 14.6 Å². The molecule has 1 fully saturated rings. The van der Waals surface area contributed by atoms with E-state index in [1.165, 1.54) is 19.0 Å². The fourth-order valence-electron chi connectivity index (χ4n) is 3.21. The Balaban J connectivity index is 1.73. The standard InChI is InChI=1S/C14H23N5O4S/c1-17(2)24(22,23)9-10-7-18(8-11(10)20)14(21)13-16-15-12-5-3-4-6-19(12)13/h10-11,20H,3-9H2,1-2H3/t10-,11-/m0/s1. The van der Waals surface area contributed by atoms with Crippen molar-refractivity contribution in [2.24, 2.45) is 5.92 Å². The average molecular weight is 357 g/mol. The van der Waals surface area contributed by atoms with Crippen LogP contribution in [0.4, 0.5) is 0 Å². The summed E-state index contributed by atoms with van der Waals surface area (Å²) in [5.41, 5.74) is 0. The highest BCUT2D eigenvalue weighted by Crippen LogP contribution is 2.22. The molecule has 9 nitrogen and oxygen atoms in total. The normalized spacial score (nSPS) is 24.4. The van der Waals surface area contributed by atoms with Crippen molar-refractivity contribution in [1.29, 1.82) is 0 Å². The number of β-amino-alcohol motifs (C(OH)–C–C–N with tert-alkyl or cyclic N) is 1. The molecular formula is C14H23N5O4S. The van der Waals surface area contributed by atoms with Crippen LogP contribution >= 0.6 is 0 Å². The maximum absolute atomic E-state index is 12.7. The van der Waals surface area contributed by atoms with Gasteiger partial charge in [0.05, 0.1) is 11.9 Å². The quantitative estimate of drug-likeness (QED) is 0.736. The Bertz CT molecular complexity index is 730. The van der Waals surface area contributed by atoms with Gasteiger partial charge in [-0.05, 0) is 12.8 Å². The van der Waals surface area contributed by atoms with Crippen LogP contribution in [0.15, 0.2) is 0 Å². The molecule has 3 heterocycles. The molecule has 1 aromatic heterocycles. The lowest BCUT2D eigenvalue weighted by atomic mass is 10.1. The fraction of sp³-hybridized carbons (Fsp3) is 0.786. The minimum absolute atomic E-state index is 0.120. The number of carbonyl (C=O) groups excluding carboxylic acids is 1. The van der Waals surface area contributed by atoms with Crippen molar-refractivity contribution < 1.29 is 18.3 Å². The van der Waals surface area contributed by atoms with Gasteiger partial charge in [0.1, 0.15) is 5.82 Å². The summed E-state index contributed by atoms with van der Waals surface area (Å²) in [4.78, 5) is 14.2. The van der Waals surface area contributed by atoms with Gasteiger partial charge >= 0.3 is 0 Å². The number of aromatic nitrogens is 3. The summed E-state index contributed by atoms with van der Waals surface area (Å²) in [5.74, 6) is 0.136. The SMILES string of the molecule is CN(C)S(=O)(=O)C[C@@H]1CN(C(=O)c2nnc3n2CCCC3)C[C@@H]1O. The number of hydrogen-bond acceptors (Lipinski definition) is 6. The highest BCUT2D eigenvalue weighted by atomic mass is 32.2. The number of aliphatic hydroxyl groups excluding tert-OH is 1. The van der Waals surface area contributed by atoms with Gasteiger partial charge in [-0.2, -0.15) is 0 Å². The summed E-state index contributed by atoms with van der Waals surface area (Å²) in [7, 11) is -0.509. The molecule has 0 spiro atoms. The Hall–Kier alpha value is -1.52. The van der Waals surface area contributed by atoms with E-state index in [1.54, 1.807) is 0 Å². The van der Waals surface area contributed by atoms with Crippen molar-refractivity contribution in [2.45, 2.75) is 31.9 Å². The van der Waals surface area contributed by atoms with Gasteiger partial charge in [0, 0.05) is 46.1 Å². The molecule has 0 unspecified atom stereocenters. The lowest BCUT2D eigenvalue weighted by Gasteiger charge is -2.19. The number of nitrogens with zero attached hydrogens (tertiary/aromatic N) is 5. The molecule has 2 aliphatic heterocycles. The van der Waals surface area contributed by atoms with Crippen molar-refractivity contribution in [2.75, 3.05) is 32.9 Å². The number of fused-ring (bicyclic) bond motifs is 1. The van der Waals surface area contributed by atoms with Gasteiger partial charge in [0.2, 0.25) is 15.8 Å². The summed E-state index contributed by atoms with van der Waals surface area (Å²) >= 11 is 0. The van der Waals surface area contributed by atoms with E-state index in [4.69, 9.17) is 0 Å². The first kappa shape index (κ1) is 17.3. The van der Waals surface area contributed by atoms with Gasteiger partial charge in [-0.3, -0.25) is 4.79 Å². The van der Waals surface area contributed by atoms with E-state index < -0.39 is 22.0 Å². The zero-order valence-corrected chi connectivity index (χ0v) is 14.7. The van der Waals surface area contributed by atoms with Gasteiger partial charge in [-0.15, -0.1) is 10.2 Å². The molecule has 134 valence electrons. The van der Waals surface area contributed by atoms with E-state index in [-0.39, 0.29) is 30.6 Å². The number of carbonyl (C=O) groups is 1. The topological polar surface area (TPSA) is 109 Å². The molecule has 3 rings (SSSR count). The second-order valence-corrected chi connectivity index (χ2v) is 8.87. The van der Waals surface area contributed by atoms with E-state index in [0.717, 1.165) is 35.9 Å². The van der Waals surface area contributed by atoms with Crippen LogP contribution in [-0.2, 0) is 23.0 Å². The molecule has 0 bridgehead atoms. The van der Waals surface area contributed by atoms with Gasteiger partial charge in [0.15, 0.2) is 0 Å². The fourth-order valence-corrected chi connectivity index (χ4v) is 4.38. The van der Waals surface area contributed by atoms with E-state index in [2.05, 4.69) is 10.2 Å². The predicted molar refractivity (Wildman–Crippen MR) is 85.8 cm³/mol. The smallest absolute Gasteiger partial charge is 0.291 e. The lowest BCUT2D eigenvalue weighted by molar-refractivity contribution is 0.0746. The second-order valence-electron chi connectivity index (χ2n) is 6.65. The Labute approximate surface area is 141 Å². The van der Waals surface area contributed by atoms with Crippen LogP contribution < -0.4 is 0 Å². The molecule has 2 aliphatic rings. The summed E-state index contributed by atoms with van der Waals surface area (Å²) in [6.07, 6.45) is 1.98. The van der Waals surface area contributed by atoms with Gasteiger partial charge in [-0.1, -0.05) is 0 Å². The number of hydrogen-bond donors (Lipinski definition) is 1. The van der Waals surface area contributed by atoms with Crippen molar-refractivity contribution in [3.63, 3.8) is 0 Å². The zero-order valence-electron chi connectivity index (χ0n) is 13.9. The maximum Gasteiger partial charge on any atom is 0.291 e. The maximum atomic E-state index is 12.7. The number of rotatable bonds is 4. The molecule has 1 N–H and O–H groups in total. The third-order valence-corrected chi connectivity index (χ3v) is 6.69. The summed E-state index contributed by atoms with van der Waals surface area (Å²) < 4.78 is 27.0. The molecule has 1 saturated heterocycles. The molecular weight excluding hydrogens is 334 g/mol. The van der Waals surface area contributed by atoms with Crippen LogP contribution in [0.5, 0.6) is 0 Å². The molecule has 1 amide bonds. The molecule has 0 aromatic carbocycles. The molecule has 24 heavy (non-hydrogen) atoms. The van der Waals surface area contributed by atoms with Crippen molar-refractivity contribution in [1.82, 2.24) is 24.0 Å². The first-order valence-corrected chi connectivity index (χ1v) is 9.70. The Morgan fingerprint density at radius 3 is 2.75 bits per heavy atom. The largest absolute Gasteiger partial charge is 0.391 e. The average Bonchev–Trinajstić information content (AvgIpc) is 3.10. The van der Waals surface area contributed by atoms with Crippen LogP contribution in [0.25, 0.3) is 0 Å². The minimum atomic E-state index is -3.43. The van der Waals surface area contributed by atoms with Crippen molar-refractivity contribution in [3.8, 4) is 0 Å². The third kappa shape index (κ3) is 3.17. The predicted octanol–water partition coefficient (Wildman–Crippen LogP) is -1.06. The molecule has 1 aromatic rings. The van der Waals surface area contributed by atoms with E-state index in [1.807, 2.05) is 4.57 Å². The number of likely N-dealkylation sites (tertiary alicyclic amines) is 1. The van der Waals surface area contributed by atoms with Crippen molar-refractivity contribution >= 4 is 15.9 Å². The van der Waals surface area contributed by atoms with Gasteiger partial charge in [-0.25, -0.2) is 12.7 Å². The van der Waals surface area contributed by atoms with Crippen LogP contribution in [0.3, 0.4) is 0 Å². The van der Waals surface area contributed by atoms with Crippen LogP contribution in [-0.4, -0.2) is 82.4 Å². The van der Waals surface area contributed by atoms with E-state index in [0.29, 0.717) is 0 Å². The Kier molecular flexibility index (Phi) is 4.63. The Morgan fingerprint density at radius 1 is 1.29 bits per heavy atom. The number of amides is 1. The third-order valence-electron chi connectivity index (χ3n) is 4.73. The molecule has 0 radical (unpaired) electrons. The van der Waals surface area contributed by atoms with E-state index in [9.17, 15) is 18.3 Å².